The Morgan fingerprint density at radius 2 is 2.00 bits per heavy atom. The fourth-order valence-corrected chi connectivity index (χ4v) is 2.15. The van der Waals surface area contributed by atoms with Gasteiger partial charge in [0.15, 0.2) is 0 Å². The van der Waals surface area contributed by atoms with Gasteiger partial charge < -0.3 is 5.32 Å². The molecule has 1 heterocycles. The van der Waals surface area contributed by atoms with E-state index in [9.17, 15) is 9.59 Å². The van der Waals surface area contributed by atoms with E-state index in [1.165, 1.54) is 10.6 Å². The summed E-state index contributed by atoms with van der Waals surface area (Å²) >= 11 is 0. The molecule has 0 saturated heterocycles. The molecule has 0 bridgehead atoms. The molecule has 5 heteroatoms. The molecule has 0 spiro atoms. The molecular formula is C17H21N3O2. The SMILES string of the molecule is CC[C@H](C)NC(=O)Cn1c(-c2ccccc2)nc(C)cc1=O. The van der Waals surface area contributed by atoms with Gasteiger partial charge in [-0.25, -0.2) is 4.98 Å². The lowest BCUT2D eigenvalue weighted by Gasteiger charge is -2.15. The zero-order chi connectivity index (χ0) is 16.1. The summed E-state index contributed by atoms with van der Waals surface area (Å²) in [6.45, 7) is 5.68. The number of hydrogen-bond donors (Lipinski definition) is 1. The molecule has 1 amide bonds. The molecule has 22 heavy (non-hydrogen) atoms. The van der Waals surface area contributed by atoms with Gasteiger partial charge in [0, 0.05) is 23.4 Å². The summed E-state index contributed by atoms with van der Waals surface area (Å²) in [5, 5.41) is 2.87. The summed E-state index contributed by atoms with van der Waals surface area (Å²) in [6, 6.07) is 11.0. The van der Waals surface area contributed by atoms with E-state index in [0.29, 0.717) is 11.5 Å². The first-order valence-electron chi connectivity index (χ1n) is 7.44. The van der Waals surface area contributed by atoms with Crippen LogP contribution >= 0.6 is 0 Å². The molecule has 1 aromatic carbocycles. The van der Waals surface area contributed by atoms with Crippen LogP contribution in [0.1, 0.15) is 26.0 Å². The Balaban J connectivity index is 2.39. The normalized spacial score (nSPS) is 12.0. The third-order valence-corrected chi connectivity index (χ3v) is 3.49. The minimum atomic E-state index is -0.217. The molecular weight excluding hydrogens is 278 g/mol. The van der Waals surface area contributed by atoms with Crippen molar-refractivity contribution in [2.45, 2.75) is 39.8 Å². The lowest BCUT2D eigenvalue weighted by atomic mass is 10.2. The Kier molecular flexibility index (Phi) is 5.09. The highest BCUT2D eigenvalue weighted by molar-refractivity contribution is 5.76. The first-order chi connectivity index (χ1) is 10.5. The van der Waals surface area contributed by atoms with Crippen LogP contribution < -0.4 is 10.9 Å². The fraction of sp³-hybridized carbons (Fsp3) is 0.353. The average Bonchev–Trinajstić information content (AvgIpc) is 2.50. The summed E-state index contributed by atoms with van der Waals surface area (Å²) in [4.78, 5) is 28.8. The summed E-state index contributed by atoms with van der Waals surface area (Å²) in [5.41, 5.74) is 1.24. The van der Waals surface area contributed by atoms with Crippen LogP contribution in [0.25, 0.3) is 11.4 Å². The molecule has 0 aliphatic rings. The second-order valence-electron chi connectivity index (χ2n) is 5.39. The van der Waals surface area contributed by atoms with E-state index in [1.54, 1.807) is 6.92 Å². The van der Waals surface area contributed by atoms with Gasteiger partial charge in [-0.15, -0.1) is 0 Å². The minimum absolute atomic E-state index is 0.0271. The number of aromatic nitrogens is 2. The van der Waals surface area contributed by atoms with Gasteiger partial charge >= 0.3 is 0 Å². The maximum absolute atomic E-state index is 12.3. The summed E-state index contributed by atoms with van der Waals surface area (Å²) in [5.74, 6) is 0.337. The van der Waals surface area contributed by atoms with Crippen LogP contribution in [0.3, 0.4) is 0 Å². The van der Waals surface area contributed by atoms with Crippen molar-refractivity contribution in [1.29, 1.82) is 0 Å². The third kappa shape index (κ3) is 3.81. The lowest BCUT2D eigenvalue weighted by molar-refractivity contribution is -0.122. The number of carbonyl (C=O) groups is 1. The average molecular weight is 299 g/mol. The van der Waals surface area contributed by atoms with Crippen molar-refractivity contribution in [3.63, 3.8) is 0 Å². The zero-order valence-corrected chi connectivity index (χ0v) is 13.2. The van der Waals surface area contributed by atoms with Gasteiger partial charge in [0.1, 0.15) is 12.4 Å². The lowest BCUT2D eigenvalue weighted by Crippen LogP contribution is -2.37. The van der Waals surface area contributed by atoms with E-state index in [2.05, 4.69) is 10.3 Å². The van der Waals surface area contributed by atoms with Gasteiger partial charge in [0.05, 0.1) is 0 Å². The molecule has 0 aliphatic carbocycles. The largest absolute Gasteiger partial charge is 0.352 e. The monoisotopic (exact) mass is 299 g/mol. The van der Waals surface area contributed by atoms with Crippen LogP contribution in [0, 0.1) is 6.92 Å². The highest BCUT2D eigenvalue weighted by atomic mass is 16.2. The van der Waals surface area contributed by atoms with Crippen LogP contribution in [0.2, 0.25) is 0 Å². The Morgan fingerprint density at radius 1 is 1.32 bits per heavy atom. The number of rotatable bonds is 5. The number of amides is 1. The van der Waals surface area contributed by atoms with Crippen molar-refractivity contribution in [2.24, 2.45) is 0 Å². The van der Waals surface area contributed by atoms with E-state index in [4.69, 9.17) is 0 Å². The molecule has 2 rings (SSSR count). The Morgan fingerprint density at radius 3 is 2.64 bits per heavy atom. The van der Waals surface area contributed by atoms with Gasteiger partial charge in [-0.1, -0.05) is 37.3 Å². The van der Waals surface area contributed by atoms with E-state index < -0.39 is 0 Å². The molecule has 2 aromatic rings. The second-order valence-corrected chi connectivity index (χ2v) is 5.39. The first-order valence-corrected chi connectivity index (χ1v) is 7.44. The van der Waals surface area contributed by atoms with Gasteiger partial charge in [0.2, 0.25) is 5.91 Å². The molecule has 5 nitrogen and oxygen atoms in total. The van der Waals surface area contributed by atoms with Crippen molar-refractivity contribution >= 4 is 5.91 Å². The molecule has 0 unspecified atom stereocenters. The van der Waals surface area contributed by atoms with Crippen molar-refractivity contribution in [1.82, 2.24) is 14.9 Å². The molecule has 1 aromatic heterocycles. The van der Waals surface area contributed by atoms with E-state index in [0.717, 1.165) is 12.0 Å². The van der Waals surface area contributed by atoms with Crippen molar-refractivity contribution in [3.8, 4) is 11.4 Å². The van der Waals surface area contributed by atoms with Gasteiger partial charge in [-0.05, 0) is 20.3 Å². The Labute approximate surface area is 130 Å². The number of hydrogen-bond acceptors (Lipinski definition) is 3. The molecule has 0 aliphatic heterocycles. The smallest absolute Gasteiger partial charge is 0.254 e. The molecule has 116 valence electrons. The van der Waals surface area contributed by atoms with Gasteiger partial charge in [-0.2, -0.15) is 0 Å². The van der Waals surface area contributed by atoms with Crippen molar-refractivity contribution in [3.05, 3.63) is 52.4 Å². The maximum atomic E-state index is 12.3. The van der Waals surface area contributed by atoms with Crippen LogP contribution in [-0.2, 0) is 11.3 Å². The van der Waals surface area contributed by atoms with E-state index >= 15 is 0 Å². The minimum Gasteiger partial charge on any atom is -0.352 e. The molecule has 0 fully saturated rings. The fourth-order valence-electron chi connectivity index (χ4n) is 2.15. The molecule has 1 N–H and O–H groups in total. The number of nitrogens with zero attached hydrogens (tertiary/aromatic N) is 2. The molecule has 1 atom stereocenters. The zero-order valence-electron chi connectivity index (χ0n) is 13.2. The summed E-state index contributed by atoms with van der Waals surface area (Å²) < 4.78 is 1.42. The number of nitrogens with one attached hydrogen (secondary N) is 1. The number of aryl methyl sites for hydroxylation is 1. The standard InChI is InChI=1S/C17H21N3O2/c1-4-12(2)18-15(21)11-20-16(22)10-13(3)19-17(20)14-8-6-5-7-9-14/h5-10,12H,4,11H2,1-3H3,(H,18,21)/t12-/m0/s1. The van der Waals surface area contributed by atoms with Crippen molar-refractivity contribution in [2.75, 3.05) is 0 Å². The van der Waals surface area contributed by atoms with Crippen LogP contribution in [0.15, 0.2) is 41.2 Å². The Hall–Kier alpha value is -2.43. The van der Waals surface area contributed by atoms with Gasteiger partial charge in [0.25, 0.3) is 5.56 Å². The topological polar surface area (TPSA) is 64.0 Å². The summed E-state index contributed by atoms with van der Waals surface area (Å²) in [6.07, 6.45) is 0.846. The van der Waals surface area contributed by atoms with Crippen molar-refractivity contribution < 1.29 is 4.79 Å². The van der Waals surface area contributed by atoms with Gasteiger partial charge in [-0.3, -0.25) is 14.2 Å². The second kappa shape index (κ2) is 7.02. The van der Waals surface area contributed by atoms with E-state index in [1.807, 2.05) is 44.2 Å². The molecule has 0 saturated carbocycles. The number of benzene rings is 1. The van der Waals surface area contributed by atoms with E-state index in [-0.39, 0.29) is 24.1 Å². The van der Waals surface area contributed by atoms with Crippen LogP contribution in [0.5, 0.6) is 0 Å². The quantitative estimate of drug-likeness (QED) is 0.920. The third-order valence-electron chi connectivity index (χ3n) is 3.49. The predicted molar refractivity (Wildman–Crippen MR) is 86.6 cm³/mol. The predicted octanol–water partition coefficient (Wildman–Crippen LogP) is 2.13. The molecule has 0 radical (unpaired) electrons. The first kappa shape index (κ1) is 15.9. The van der Waals surface area contributed by atoms with Crippen LogP contribution in [0.4, 0.5) is 0 Å². The highest BCUT2D eigenvalue weighted by Gasteiger charge is 2.13. The van der Waals surface area contributed by atoms with Crippen LogP contribution in [-0.4, -0.2) is 21.5 Å². The maximum Gasteiger partial charge on any atom is 0.254 e. The highest BCUT2D eigenvalue weighted by Crippen LogP contribution is 2.15. The summed E-state index contributed by atoms with van der Waals surface area (Å²) in [7, 11) is 0. The Bertz CT molecular complexity index is 708. The number of carbonyl (C=O) groups excluding carboxylic acids is 1.